The van der Waals surface area contributed by atoms with Crippen molar-refractivity contribution in [3.05, 3.63) is 28.2 Å². The number of hydrogen-bond donors (Lipinski definition) is 1. The lowest BCUT2D eigenvalue weighted by Crippen LogP contribution is -2.36. The highest BCUT2D eigenvalue weighted by Gasteiger charge is 2.23. The highest BCUT2D eigenvalue weighted by molar-refractivity contribution is 9.10. The van der Waals surface area contributed by atoms with Crippen LogP contribution in [0.2, 0.25) is 0 Å². The fourth-order valence-electron chi connectivity index (χ4n) is 3.39. The summed E-state index contributed by atoms with van der Waals surface area (Å²) in [6, 6.07) is 7.40. The van der Waals surface area contributed by atoms with Crippen molar-refractivity contribution in [2.45, 2.75) is 58.5 Å². The van der Waals surface area contributed by atoms with E-state index in [2.05, 4.69) is 65.2 Å². The maximum atomic E-state index is 3.61. The van der Waals surface area contributed by atoms with Gasteiger partial charge in [0.05, 0.1) is 0 Å². The predicted molar refractivity (Wildman–Crippen MR) is 96.0 cm³/mol. The quantitative estimate of drug-likeness (QED) is 0.727. The minimum absolute atomic E-state index is 0.694. The smallest absolute Gasteiger partial charge is 0.0412 e. The van der Waals surface area contributed by atoms with Gasteiger partial charge in [0.25, 0.3) is 0 Å². The average Bonchev–Trinajstić information content (AvgIpc) is 2.47. The summed E-state index contributed by atoms with van der Waals surface area (Å²) in [6.45, 7) is 6.64. The summed E-state index contributed by atoms with van der Waals surface area (Å²) in [5, 5.41) is 3.54. The van der Waals surface area contributed by atoms with Crippen molar-refractivity contribution >= 4 is 21.6 Å². The van der Waals surface area contributed by atoms with Gasteiger partial charge in [-0.1, -0.05) is 42.6 Å². The van der Waals surface area contributed by atoms with Crippen LogP contribution in [0.1, 0.15) is 51.5 Å². The van der Waals surface area contributed by atoms with Gasteiger partial charge in [0, 0.05) is 29.8 Å². The van der Waals surface area contributed by atoms with Crippen molar-refractivity contribution in [2.24, 2.45) is 5.92 Å². The maximum Gasteiger partial charge on any atom is 0.0412 e. The zero-order chi connectivity index (χ0) is 15.2. The molecule has 3 heteroatoms. The standard InChI is InChI=1S/C18H29BrN2/c1-4-10-20-13-15-12-16(19)8-9-18(15)21(3)17-7-5-6-14(2)11-17/h8-9,12,14,17,20H,4-7,10-11,13H2,1-3H3. The molecule has 0 saturated heterocycles. The van der Waals surface area contributed by atoms with Crippen LogP contribution in [0.25, 0.3) is 0 Å². The maximum absolute atomic E-state index is 3.61. The monoisotopic (exact) mass is 352 g/mol. The molecule has 2 nitrogen and oxygen atoms in total. The van der Waals surface area contributed by atoms with E-state index >= 15 is 0 Å². The van der Waals surface area contributed by atoms with Gasteiger partial charge in [-0.25, -0.2) is 0 Å². The van der Waals surface area contributed by atoms with Crippen LogP contribution in [0.4, 0.5) is 5.69 Å². The largest absolute Gasteiger partial charge is 0.371 e. The fraction of sp³-hybridized carbons (Fsp3) is 0.667. The molecule has 0 spiro atoms. The molecule has 0 aromatic heterocycles. The Balaban J connectivity index is 2.12. The Morgan fingerprint density at radius 2 is 2.14 bits per heavy atom. The zero-order valence-corrected chi connectivity index (χ0v) is 15.2. The zero-order valence-electron chi connectivity index (χ0n) is 13.7. The molecular weight excluding hydrogens is 324 g/mol. The Kier molecular flexibility index (Phi) is 6.56. The lowest BCUT2D eigenvalue weighted by molar-refractivity contribution is 0.336. The van der Waals surface area contributed by atoms with E-state index in [0.29, 0.717) is 6.04 Å². The van der Waals surface area contributed by atoms with Crippen molar-refractivity contribution in [1.82, 2.24) is 5.32 Å². The van der Waals surface area contributed by atoms with Crippen LogP contribution in [0.3, 0.4) is 0 Å². The van der Waals surface area contributed by atoms with Gasteiger partial charge in [0.1, 0.15) is 0 Å². The minimum atomic E-state index is 0.694. The molecule has 0 heterocycles. The van der Waals surface area contributed by atoms with Crippen molar-refractivity contribution in [3.63, 3.8) is 0 Å². The number of hydrogen-bond acceptors (Lipinski definition) is 2. The van der Waals surface area contributed by atoms with Gasteiger partial charge in [-0.05, 0) is 55.5 Å². The molecule has 1 aliphatic carbocycles. The molecule has 0 bridgehead atoms. The van der Waals surface area contributed by atoms with Crippen LogP contribution in [0.15, 0.2) is 22.7 Å². The van der Waals surface area contributed by atoms with Gasteiger partial charge in [-0.2, -0.15) is 0 Å². The molecule has 2 rings (SSSR count). The predicted octanol–water partition coefficient (Wildman–Crippen LogP) is 4.96. The highest BCUT2D eigenvalue weighted by atomic mass is 79.9. The lowest BCUT2D eigenvalue weighted by atomic mass is 9.86. The summed E-state index contributed by atoms with van der Waals surface area (Å²) >= 11 is 3.61. The number of anilines is 1. The summed E-state index contributed by atoms with van der Waals surface area (Å²) in [6.07, 6.45) is 6.61. The van der Waals surface area contributed by atoms with E-state index in [1.54, 1.807) is 0 Å². The van der Waals surface area contributed by atoms with Crippen LogP contribution >= 0.6 is 15.9 Å². The van der Waals surface area contributed by atoms with E-state index in [0.717, 1.165) is 19.0 Å². The second-order valence-electron chi connectivity index (χ2n) is 6.49. The van der Waals surface area contributed by atoms with E-state index in [-0.39, 0.29) is 0 Å². The average molecular weight is 353 g/mol. The first-order valence-electron chi connectivity index (χ1n) is 8.33. The van der Waals surface area contributed by atoms with Gasteiger partial charge >= 0.3 is 0 Å². The SMILES string of the molecule is CCCNCc1cc(Br)ccc1N(C)C1CCCC(C)C1. The normalized spacial score (nSPS) is 22.3. The van der Waals surface area contributed by atoms with E-state index in [1.165, 1.54) is 47.8 Å². The number of halogens is 1. The second kappa shape index (κ2) is 8.19. The molecule has 0 amide bonds. The van der Waals surface area contributed by atoms with E-state index in [9.17, 15) is 0 Å². The molecule has 1 aliphatic rings. The molecule has 118 valence electrons. The molecule has 2 unspecified atom stereocenters. The third kappa shape index (κ3) is 4.72. The van der Waals surface area contributed by atoms with E-state index < -0.39 is 0 Å². The first kappa shape index (κ1) is 16.8. The Labute approximate surface area is 138 Å². The Morgan fingerprint density at radius 1 is 1.33 bits per heavy atom. The molecule has 1 fully saturated rings. The molecule has 21 heavy (non-hydrogen) atoms. The van der Waals surface area contributed by atoms with Crippen LogP contribution < -0.4 is 10.2 Å². The summed E-state index contributed by atoms with van der Waals surface area (Å²) in [5.41, 5.74) is 2.79. The van der Waals surface area contributed by atoms with Gasteiger partial charge < -0.3 is 10.2 Å². The van der Waals surface area contributed by atoms with E-state index in [1.807, 2.05) is 0 Å². The Morgan fingerprint density at radius 3 is 2.86 bits per heavy atom. The highest BCUT2D eigenvalue weighted by Crippen LogP contribution is 2.32. The first-order valence-corrected chi connectivity index (χ1v) is 9.13. The molecule has 1 N–H and O–H groups in total. The molecule has 2 atom stereocenters. The van der Waals surface area contributed by atoms with Gasteiger partial charge in [-0.15, -0.1) is 0 Å². The van der Waals surface area contributed by atoms with Crippen LogP contribution in [0.5, 0.6) is 0 Å². The number of benzene rings is 1. The number of nitrogens with one attached hydrogen (secondary N) is 1. The van der Waals surface area contributed by atoms with Gasteiger partial charge in [0.2, 0.25) is 0 Å². The summed E-state index contributed by atoms with van der Waals surface area (Å²) < 4.78 is 1.17. The molecule has 1 aromatic carbocycles. The summed E-state index contributed by atoms with van der Waals surface area (Å²) in [5.74, 6) is 0.864. The Bertz CT molecular complexity index is 447. The number of rotatable bonds is 6. The third-order valence-electron chi connectivity index (χ3n) is 4.62. The van der Waals surface area contributed by atoms with Crippen molar-refractivity contribution < 1.29 is 0 Å². The molecule has 1 aromatic rings. The second-order valence-corrected chi connectivity index (χ2v) is 7.40. The van der Waals surface area contributed by atoms with Gasteiger partial charge in [-0.3, -0.25) is 0 Å². The van der Waals surface area contributed by atoms with Gasteiger partial charge in [0.15, 0.2) is 0 Å². The molecular formula is C18H29BrN2. The fourth-order valence-corrected chi connectivity index (χ4v) is 3.80. The number of nitrogens with zero attached hydrogens (tertiary/aromatic N) is 1. The molecule has 0 radical (unpaired) electrons. The van der Waals surface area contributed by atoms with Crippen molar-refractivity contribution in [2.75, 3.05) is 18.5 Å². The summed E-state index contributed by atoms with van der Waals surface area (Å²) in [4.78, 5) is 2.52. The van der Waals surface area contributed by atoms with Crippen molar-refractivity contribution in [3.8, 4) is 0 Å². The van der Waals surface area contributed by atoms with Crippen LogP contribution in [-0.4, -0.2) is 19.6 Å². The Hall–Kier alpha value is -0.540. The lowest BCUT2D eigenvalue weighted by Gasteiger charge is -2.36. The summed E-state index contributed by atoms with van der Waals surface area (Å²) in [7, 11) is 2.27. The van der Waals surface area contributed by atoms with Crippen LogP contribution in [-0.2, 0) is 6.54 Å². The van der Waals surface area contributed by atoms with Crippen LogP contribution in [0, 0.1) is 5.92 Å². The minimum Gasteiger partial charge on any atom is -0.371 e. The van der Waals surface area contributed by atoms with Crippen molar-refractivity contribution in [1.29, 1.82) is 0 Å². The topological polar surface area (TPSA) is 15.3 Å². The first-order chi connectivity index (χ1) is 10.1. The van der Waals surface area contributed by atoms with E-state index in [4.69, 9.17) is 0 Å². The molecule has 0 aliphatic heterocycles. The molecule has 1 saturated carbocycles. The third-order valence-corrected chi connectivity index (χ3v) is 5.11.